The van der Waals surface area contributed by atoms with Crippen molar-refractivity contribution in [3.8, 4) is 0 Å². The summed E-state index contributed by atoms with van der Waals surface area (Å²) in [6.45, 7) is 0. The average Bonchev–Trinajstić information content (AvgIpc) is 2.61. The van der Waals surface area contributed by atoms with Gasteiger partial charge in [-0.15, -0.1) is 4.83 Å². The van der Waals surface area contributed by atoms with Crippen LogP contribution >= 0.6 is 12.2 Å². The molecule has 0 radical (unpaired) electrons. The van der Waals surface area contributed by atoms with Gasteiger partial charge in [0, 0.05) is 12.7 Å². The zero-order chi connectivity index (χ0) is 18.4. The molecule has 0 aromatic heterocycles. The van der Waals surface area contributed by atoms with Crippen molar-refractivity contribution in [2.75, 3.05) is 19.5 Å². The number of benzene rings is 2. The highest BCUT2D eigenvalue weighted by Gasteiger charge is 2.24. The van der Waals surface area contributed by atoms with E-state index in [4.69, 9.17) is 12.2 Å². The number of nitrogens with zero attached hydrogens (tertiary/aromatic N) is 1. The van der Waals surface area contributed by atoms with E-state index >= 15 is 0 Å². The van der Waals surface area contributed by atoms with Gasteiger partial charge < -0.3 is 10.1 Å². The molecular formula is C16H17N3O4S2. The predicted molar refractivity (Wildman–Crippen MR) is 98.5 cm³/mol. The van der Waals surface area contributed by atoms with E-state index in [1.165, 1.54) is 32.4 Å². The smallest absolute Gasteiger partial charge is 0.339 e. The summed E-state index contributed by atoms with van der Waals surface area (Å²) in [5.74, 6) is -0.742. The zero-order valence-corrected chi connectivity index (χ0v) is 15.2. The molecule has 2 rings (SSSR count). The van der Waals surface area contributed by atoms with Crippen LogP contribution in [0.1, 0.15) is 10.4 Å². The van der Waals surface area contributed by atoms with Gasteiger partial charge in [-0.25, -0.2) is 13.2 Å². The lowest BCUT2D eigenvalue weighted by Crippen LogP contribution is -2.45. The van der Waals surface area contributed by atoms with Crippen molar-refractivity contribution in [2.24, 2.45) is 0 Å². The lowest BCUT2D eigenvalue weighted by Gasteiger charge is -2.22. The molecule has 132 valence electrons. The number of ether oxygens (including phenoxy) is 1. The van der Waals surface area contributed by atoms with Crippen molar-refractivity contribution in [2.45, 2.75) is 4.90 Å². The molecule has 0 spiro atoms. The predicted octanol–water partition coefficient (Wildman–Crippen LogP) is 2.00. The summed E-state index contributed by atoms with van der Waals surface area (Å²) in [5.41, 5.74) is 0.654. The fourth-order valence-corrected chi connectivity index (χ4v) is 3.45. The number of rotatable bonds is 5. The van der Waals surface area contributed by atoms with Gasteiger partial charge in [-0.1, -0.05) is 30.3 Å². The van der Waals surface area contributed by atoms with Crippen LogP contribution in [0.15, 0.2) is 59.5 Å². The van der Waals surface area contributed by atoms with E-state index in [-0.39, 0.29) is 15.6 Å². The van der Waals surface area contributed by atoms with E-state index in [0.717, 1.165) is 5.01 Å². The van der Waals surface area contributed by atoms with E-state index in [0.29, 0.717) is 5.69 Å². The molecule has 0 aliphatic rings. The van der Waals surface area contributed by atoms with Gasteiger partial charge in [0.25, 0.3) is 10.0 Å². The highest BCUT2D eigenvalue weighted by molar-refractivity contribution is 7.89. The molecule has 9 heteroatoms. The molecule has 0 unspecified atom stereocenters. The molecule has 2 aromatic carbocycles. The lowest BCUT2D eigenvalue weighted by molar-refractivity contribution is 0.0596. The fourth-order valence-electron chi connectivity index (χ4n) is 1.98. The molecule has 0 aliphatic heterocycles. The van der Waals surface area contributed by atoms with E-state index in [9.17, 15) is 13.2 Å². The molecular weight excluding hydrogens is 362 g/mol. The molecule has 2 aromatic rings. The maximum absolute atomic E-state index is 12.6. The van der Waals surface area contributed by atoms with Gasteiger partial charge in [-0.2, -0.15) is 0 Å². The molecule has 0 aliphatic carbocycles. The quantitative estimate of drug-likeness (QED) is 0.467. The van der Waals surface area contributed by atoms with E-state index in [1.54, 1.807) is 18.2 Å². The summed E-state index contributed by atoms with van der Waals surface area (Å²) in [5, 5.41) is 4.19. The molecule has 0 heterocycles. The third-order valence-electron chi connectivity index (χ3n) is 3.17. The van der Waals surface area contributed by atoms with Crippen LogP contribution in [-0.2, 0) is 14.8 Å². The molecule has 25 heavy (non-hydrogen) atoms. The van der Waals surface area contributed by atoms with E-state index in [2.05, 4.69) is 14.9 Å². The van der Waals surface area contributed by atoms with Crippen LogP contribution in [0.25, 0.3) is 0 Å². The largest absolute Gasteiger partial charge is 0.465 e. The number of thiocarbonyl (C=S) groups is 1. The highest BCUT2D eigenvalue weighted by atomic mass is 32.2. The van der Waals surface area contributed by atoms with Gasteiger partial charge in [0.05, 0.1) is 17.6 Å². The topological polar surface area (TPSA) is 87.7 Å². The summed E-state index contributed by atoms with van der Waals surface area (Å²) in [7, 11) is -1.40. The first-order valence-electron chi connectivity index (χ1n) is 7.14. The first-order valence-corrected chi connectivity index (χ1v) is 9.04. The molecule has 0 saturated heterocycles. The SMILES string of the molecule is COC(=O)c1ccccc1S(=O)(=O)NN(C)C(=S)Nc1ccccc1. The second-order valence-corrected chi connectivity index (χ2v) is 6.95. The lowest BCUT2D eigenvalue weighted by atomic mass is 10.2. The first kappa shape index (κ1) is 18.8. The second kappa shape index (κ2) is 8.06. The number of carbonyl (C=O) groups is 1. The Morgan fingerprint density at radius 1 is 1.08 bits per heavy atom. The maximum Gasteiger partial charge on any atom is 0.339 e. The standard InChI is InChI=1S/C16H17N3O4S2/c1-19(16(24)17-12-8-4-3-5-9-12)18-25(21,22)14-11-7-6-10-13(14)15(20)23-2/h3-11,18H,1-2H3,(H,17,24). The van der Waals surface area contributed by atoms with Crippen molar-refractivity contribution in [3.05, 3.63) is 60.2 Å². The number of sulfonamides is 1. The van der Waals surface area contributed by atoms with Crippen LogP contribution in [0.3, 0.4) is 0 Å². The molecule has 0 atom stereocenters. The number of methoxy groups -OCH3 is 1. The summed E-state index contributed by atoms with van der Waals surface area (Å²) >= 11 is 5.18. The monoisotopic (exact) mass is 379 g/mol. The van der Waals surface area contributed by atoms with Crippen LogP contribution in [0.2, 0.25) is 0 Å². The molecule has 0 fully saturated rings. The number of hydrazine groups is 1. The number of hydrogen-bond acceptors (Lipinski definition) is 5. The highest BCUT2D eigenvalue weighted by Crippen LogP contribution is 2.16. The number of esters is 1. The van der Waals surface area contributed by atoms with Crippen LogP contribution in [-0.4, -0.2) is 38.7 Å². The number of para-hydroxylation sites is 1. The fraction of sp³-hybridized carbons (Fsp3) is 0.125. The van der Waals surface area contributed by atoms with Crippen molar-refractivity contribution < 1.29 is 17.9 Å². The Morgan fingerprint density at radius 2 is 1.68 bits per heavy atom. The Hall–Kier alpha value is -2.49. The van der Waals surface area contributed by atoms with Gasteiger partial charge >= 0.3 is 5.97 Å². The third kappa shape index (κ3) is 4.75. The van der Waals surface area contributed by atoms with Crippen molar-refractivity contribution in [1.29, 1.82) is 0 Å². The Labute approximate surface area is 151 Å². The van der Waals surface area contributed by atoms with Gasteiger partial charge in [0.2, 0.25) is 0 Å². The van der Waals surface area contributed by atoms with Crippen LogP contribution in [0, 0.1) is 0 Å². The van der Waals surface area contributed by atoms with Crippen LogP contribution < -0.4 is 10.1 Å². The second-order valence-electron chi connectivity index (χ2n) is 4.94. The minimum Gasteiger partial charge on any atom is -0.465 e. The van der Waals surface area contributed by atoms with Crippen LogP contribution in [0.5, 0.6) is 0 Å². The van der Waals surface area contributed by atoms with Crippen molar-refractivity contribution in [3.63, 3.8) is 0 Å². The number of anilines is 1. The summed E-state index contributed by atoms with van der Waals surface area (Å²) < 4.78 is 29.8. The van der Waals surface area contributed by atoms with Crippen molar-refractivity contribution in [1.82, 2.24) is 9.84 Å². The van der Waals surface area contributed by atoms with Crippen LogP contribution in [0.4, 0.5) is 5.69 Å². The number of hydrogen-bond donors (Lipinski definition) is 2. The first-order chi connectivity index (χ1) is 11.8. The minimum absolute atomic E-state index is 0.0622. The molecule has 0 saturated carbocycles. The summed E-state index contributed by atoms with van der Waals surface area (Å²) in [4.78, 5) is 13.9. The Balaban J connectivity index is 2.18. The summed E-state index contributed by atoms with van der Waals surface area (Å²) in [6.07, 6.45) is 0. The Kier molecular flexibility index (Phi) is 6.07. The number of carbonyl (C=O) groups excluding carboxylic acids is 1. The number of nitrogens with one attached hydrogen (secondary N) is 2. The van der Waals surface area contributed by atoms with E-state index in [1.807, 2.05) is 18.2 Å². The van der Waals surface area contributed by atoms with Gasteiger partial charge in [-0.3, -0.25) is 5.01 Å². The normalized spacial score (nSPS) is 10.8. The molecule has 7 nitrogen and oxygen atoms in total. The average molecular weight is 379 g/mol. The molecule has 0 bridgehead atoms. The third-order valence-corrected chi connectivity index (χ3v) is 4.99. The Morgan fingerprint density at radius 3 is 2.32 bits per heavy atom. The molecule has 0 amide bonds. The zero-order valence-electron chi connectivity index (χ0n) is 13.6. The maximum atomic E-state index is 12.6. The van der Waals surface area contributed by atoms with Gasteiger partial charge in [0.1, 0.15) is 0 Å². The Bertz CT molecular complexity index is 870. The van der Waals surface area contributed by atoms with Crippen molar-refractivity contribution >= 4 is 39.0 Å². The van der Waals surface area contributed by atoms with Gasteiger partial charge in [0.15, 0.2) is 5.11 Å². The van der Waals surface area contributed by atoms with Gasteiger partial charge in [-0.05, 0) is 36.5 Å². The van der Waals surface area contributed by atoms with E-state index < -0.39 is 16.0 Å². The minimum atomic E-state index is -4.03. The molecule has 2 N–H and O–H groups in total. The summed E-state index contributed by atoms with van der Waals surface area (Å²) in [6, 6.07) is 14.8.